The number of pyridine rings is 2. The molecule has 3 aromatic rings. The molecule has 1 N–H and O–H groups in total. The largest absolute Gasteiger partial charge is 0.311 e. The first kappa shape index (κ1) is 22.1. The van der Waals surface area contributed by atoms with E-state index in [1.807, 2.05) is 0 Å². The van der Waals surface area contributed by atoms with Gasteiger partial charge in [0.15, 0.2) is 9.84 Å². The standard InChI is InChI=1S/C20H16Cl2FN3O3S/c1-11-15(13-5-6-24-19(7-13)26-12(2)27)9-25-20(22)16(11)10-30(28,29)18-4-3-14(21)8-17(18)23/h3-9H,10H2,1-2H3,(H,24,26,27). The van der Waals surface area contributed by atoms with Crippen LogP contribution < -0.4 is 5.32 Å². The van der Waals surface area contributed by atoms with E-state index < -0.39 is 26.3 Å². The van der Waals surface area contributed by atoms with Crippen LogP contribution in [0.2, 0.25) is 10.2 Å². The second kappa shape index (κ2) is 8.67. The molecule has 1 aromatic carbocycles. The van der Waals surface area contributed by atoms with Crippen molar-refractivity contribution in [2.45, 2.75) is 24.5 Å². The summed E-state index contributed by atoms with van der Waals surface area (Å²) in [5.41, 5.74) is 2.08. The summed E-state index contributed by atoms with van der Waals surface area (Å²) >= 11 is 11.9. The Morgan fingerprint density at radius 2 is 1.90 bits per heavy atom. The molecule has 0 saturated carbocycles. The highest BCUT2D eigenvalue weighted by Gasteiger charge is 2.24. The fraction of sp³-hybridized carbons (Fsp3) is 0.150. The number of sulfone groups is 1. The zero-order valence-corrected chi connectivity index (χ0v) is 18.2. The Balaban J connectivity index is 2.04. The molecule has 0 aliphatic heterocycles. The average Bonchev–Trinajstić information content (AvgIpc) is 2.64. The molecular formula is C20H16Cl2FN3O3S. The van der Waals surface area contributed by atoms with Crippen molar-refractivity contribution in [3.05, 3.63) is 69.8 Å². The highest BCUT2D eigenvalue weighted by Crippen LogP contribution is 2.32. The first-order valence-electron chi connectivity index (χ1n) is 8.64. The van der Waals surface area contributed by atoms with Gasteiger partial charge in [0.05, 0.1) is 5.75 Å². The number of hydrogen-bond donors (Lipinski definition) is 1. The number of rotatable bonds is 5. The van der Waals surface area contributed by atoms with Crippen LogP contribution in [0, 0.1) is 12.7 Å². The number of halogens is 3. The fourth-order valence-corrected chi connectivity index (χ4v) is 4.93. The lowest BCUT2D eigenvalue weighted by molar-refractivity contribution is -0.114. The Bertz CT molecular complexity index is 1250. The number of amides is 1. The van der Waals surface area contributed by atoms with Gasteiger partial charge in [-0.25, -0.2) is 22.8 Å². The van der Waals surface area contributed by atoms with Gasteiger partial charge in [0.25, 0.3) is 0 Å². The van der Waals surface area contributed by atoms with E-state index in [2.05, 4.69) is 15.3 Å². The van der Waals surface area contributed by atoms with Crippen molar-refractivity contribution >= 4 is 44.8 Å². The number of aromatic nitrogens is 2. The van der Waals surface area contributed by atoms with E-state index in [1.165, 1.54) is 25.4 Å². The van der Waals surface area contributed by atoms with E-state index in [9.17, 15) is 17.6 Å². The third-order valence-corrected chi connectivity index (χ3v) is 6.58. The molecule has 1 amide bonds. The Morgan fingerprint density at radius 1 is 1.17 bits per heavy atom. The Labute approximate surface area is 183 Å². The summed E-state index contributed by atoms with van der Waals surface area (Å²) in [7, 11) is -4.06. The minimum Gasteiger partial charge on any atom is -0.311 e. The molecule has 0 atom stereocenters. The summed E-state index contributed by atoms with van der Waals surface area (Å²) in [6.07, 6.45) is 3.01. The molecular weight excluding hydrogens is 452 g/mol. The van der Waals surface area contributed by atoms with Gasteiger partial charge in [0, 0.05) is 35.5 Å². The van der Waals surface area contributed by atoms with Crippen LogP contribution >= 0.6 is 23.2 Å². The molecule has 0 spiro atoms. The summed E-state index contributed by atoms with van der Waals surface area (Å²) in [4.78, 5) is 19.0. The Morgan fingerprint density at radius 3 is 2.57 bits per heavy atom. The van der Waals surface area contributed by atoms with Gasteiger partial charge in [-0.2, -0.15) is 0 Å². The molecule has 2 aromatic heterocycles. The van der Waals surface area contributed by atoms with E-state index in [-0.39, 0.29) is 21.6 Å². The molecule has 3 rings (SSSR count). The lowest BCUT2D eigenvalue weighted by Gasteiger charge is -2.14. The number of benzene rings is 1. The second-order valence-electron chi connectivity index (χ2n) is 6.51. The third-order valence-electron chi connectivity index (χ3n) is 4.35. The molecule has 10 heteroatoms. The predicted molar refractivity (Wildman–Crippen MR) is 114 cm³/mol. The number of carbonyl (C=O) groups excluding carboxylic acids is 1. The summed E-state index contributed by atoms with van der Waals surface area (Å²) in [5.74, 6) is -1.41. The maximum atomic E-state index is 14.2. The van der Waals surface area contributed by atoms with E-state index in [0.717, 1.165) is 12.1 Å². The van der Waals surface area contributed by atoms with Gasteiger partial charge in [-0.05, 0) is 48.4 Å². The molecule has 0 saturated heterocycles. The number of nitrogens with one attached hydrogen (secondary N) is 1. The van der Waals surface area contributed by atoms with Crippen molar-refractivity contribution < 1.29 is 17.6 Å². The van der Waals surface area contributed by atoms with Crippen LogP contribution in [0.1, 0.15) is 18.1 Å². The monoisotopic (exact) mass is 467 g/mol. The van der Waals surface area contributed by atoms with Crippen LogP contribution in [0.4, 0.5) is 10.2 Å². The maximum Gasteiger partial charge on any atom is 0.222 e. The summed E-state index contributed by atoms with van der Waals surface area (Å²) in [6, 6.07) is 6.70. The van der Waals surface area contributed by atoms with Crippen LogP contribution in [0.15, 0.2) is 47.6 Å². The van der Waals surface area contributed by atoms with Crippen molar-refractivity contribution in [2.75, 3.05) is 5.32 Å². The van der Waals surface area contributed by atoms with Crippen molar-refractivity contribution in [3.63, 3.8) is 0 Å². The van der Waals surface area contributed by atoms with Crippen molar-refractivity contribution in [2.24, 2.45) is 0 Å². The van der Waals surface area contributed by atoms with E-state index in [1.54, 1.807) is 19.1 Å². The number of nitrogens with zero attached hydrogens (tertiary/aromatic N) is 2. The van der Waals surface area contributed by atoms with Gasteiger partial charge < -0.3 is 5.32 Å². The zero-order valence-electron chi connectivity index (χ0n) is 15.9. The van der Waals surface area contributed by atoms with Gasteiger partial charge in [0.2, 0.25) is 5.91 Å². The molecule has 0 fully saturated rings. The first-order chi connectivity index (χ1) is 14.1. The highest BCUT2D eigenvalue weighted by molar-refractivity contribution is 7.90. The van der Waals surface area contributed by atoms with Gasteiger partial charge in [-0.15, -0.1) is 0 Å². The smallest absolute Gasteiger partial charge is 0.222 e. The quantitative estimate of drug-likeness (QED) is 0.542. The third kappa shape index (κ3) is 4.77. The fourth-order valence-electron chi connectivity index (χ4n) is 2.91. The molecule has 0 radical (unpaired) electrons. The topological polar surface area (TPSA) is 89.0 Å². The molecule has 0 bridgehead atoms. The maximum absolute atomic E-state index is 14.2. The molecule has 0 unspecified atom stereocenters. The van der Waals surface area contributed by atoms with Gasteiger partial charge in [0.1, 0.15) is 21.7 Å². The normalized spacial score (nSPS) is 11.4. The van der Waals surface area contributed by atoms with Crippen LogP contribution in [-0.4, -0.2) is 24.3 Å². The van der Waals surface area contributed by atoms with Crippen LogP contribution in [0.5, 0.6) is 0 Å². The van der Waals surface area contributed by atoms with Crippen LogP contribution in [0.25, 0.3) is 11.1 Å². The molecule has 0 aliphatic rings. The molecule has 6 nitrogen and oxygen atoms in total. The predicted octanol–water partition coefficient (Wildman–Crippen LogP) is 4.83. The highest BCUT2D eigenvalue weighted by atomic mass is 35.5. The van der Waals surface area contributed by atoms with E-state index in [0.29, 0.717) is 22.5 Å². The first-order valence-corrected chi connectivity index (χ1v) is 11.0. The number of anilines is 1. The van der Waals surface area contributed by atoms with Gasteiger partial charge >= 0.3 is 0 Å². The molecule has 2 heterocycles. The SMILES string of the molecule is CC(=O)Nc1cc(-c2cnc(Cl)c(CS(=O)(=O)c3ccc(Cl)cc3F)c2C)ccn1. The lowest BCUT2D eigenvalue weighted by Crippen LogP contribution is -2.10. The second-order valence-corrected chi connectivity index (χ2v) is 9.26. The average molecular weight is 468 g/mol. The molecule has 0 aliphatic carbocycles. The minimum atomic E-state index is -4.06. The van der Waals surface area contributed by atoms with Gasteiger partial charge in [-0.3, -0.25) is 4.79 Å². The van der Waals surface area contributed by atoms with Crippen molar-refractivity contribution in [1.82, 2.24) is 9.97 Å². The van der Waals surface area contributed by atoms with Crippen molar-refractivity contribution in [3.8, 4) is 11.1 Å². The van der Waals surface area contributed by atoms with Crippen molar-refractivity contribution in [1.29, 1.82) is 0 Å². The van der Waals surface area contributed by atoms with E-state index >= 15 is 0 Å². The summed E-state index contributed by atoms with van der Waals surface area (Å²) in [6.45, 7) is 3.06. The summed E-state index contributed by atoms with van der Waals surface area (Å²) < 4.78 is 39.9. The number of hydrogen-bond acceptors (Lipinski definition) is 5. The zero-order chi connectivity index (χ0) is 22.1. The lowest BCUT2D eigenvalue weighted by atomic mass is 10.0. The Kier molecular flexibility index (Phi) is 6.40. The molecule has 156 valence electrons. The Hall–Kier alpha value is -2.55. The van der Waals surface area contributed by atoms with Crippen LogP contribution in [0.3, 0.4) is 0 Å². The minimum absolute atomic E-state index is 0.00494. The van der Waals surface area contributed by atoms with E-state index in [4.69, 9.17) is 23.2 Å². The van der Waals surface area contributed by atoms with Gasteiger partial charge in [-0.1, -0.05) is 23.2 Å². The van der Waals surface area contributed by atoms with Crippen LogP contribution in [-0.2, 0) is 20.4 Å². The summed E-state index contributed by atoms with van der Waals surface area (Å²) in [5, 5.41) is 2.69. The molecule has 30 heavy (non-hydrogen) atoms. The number of carbonyl (C=O) groups is 1.